The van der Waals surface area contributed by atoms with Gasteiger partial charge in [0.2, 0.25) is 5.91 Å². The number of amides is 2. The van der Waals surface area contributed by atoms with Gasteiger partial charge in [-0.1, -0.05) is 0 Å². The van der Waals surface area contributed by atoms with Crippen molar-refractivity contribution in [2.75, 3.05) is 45.4 Å². The minimum atomic E-state index is -0.0868. The minimum absolute atomic E-state index is 0.0187. The molecule has 0 saturated carbocycles. The number of hydrogen-bond donors (Lipinski definition) is 2. The molecule has 1 rings (SSSR count). The lowest BCUT2D eigenvalue weighted by Crippen LogP contribution is -2.27. The standard InChI is InChI=1S/C14H22N4O2/c1-16-13(19)7-8-18(4)12-6-5-10(9-11(12)15)14(20)17(2)3/h5-6,9H,7-8,15H2,1-4H3,(H,16,19). The molecule has 1 aromatic carbocycles. The van der Waals surface area contributed by atoms with E-state index >= 15 is 0 Å². The van der Waals surface area contributed by atoms with Crippen LogP contribution in [-0.2, 0) is 4.79 Å². The van der Waals surface area contributed by atoms with Gasteiger partial charge in [0.25, 0.3) is 5.91 Å². The van der Waals surface area contributed by atoms with Gasteiger partial charge >= 0.3 is 0 Å². The van der Waals surface area contributed by atoms with Crippen molar-refractivity contribution in [1.29, 1.82) is 0 Å². The van der Waals surface area contributed by atoms with Crippen molar-refractivity contribution in [2.45, 2.75) is 6.42 Å². The van der Waals surface area contributed by atoms with Crippen LogP contribution in [0.5, 0.6) is 0 Å². The van der Waals surface area contributed by atoms with Crippen LogP contribution in [0, 0.1) is 0 Å². The van der Waals surface area contributed by atoms with E-state index in [-0.39, 0.29) is 11.8 Å². The number of nitrogen functional groups attached to an aromatic ring is 1. The van der Waals surface area contributed by atoms with Gasteiger partial charge in [-0.15, -0.1) is 0 Å². The van der Waals surface area contributed by atoms with Crippen molar-refractivity contribution < 1.29 is 9.59 Å². The number of rotatable bonds is 5. The Kier molecular flexibility index (Phi) is 5.37. The van der Waals surface area contributed by atoms with Crippen LogP contribution in [0.3, 0.4) is 0 Å². The Labute approximate surface area is 119 Å². The van der Waals surface area contributed by atoms with Gasteiger partial charge in [-0.2, -0.15) is 0 Å². The number of hydrogen-bond acceptors (Lipinski definition) is 4. The Morgan fingerprint density at radius 2 is 1.90 bits per heavy atom. The molecule has 0 aliphatic heterocycles. The largest absolute Gasteiger partial charge is 0.397 e. The summed E-state index contributed by atoms with van der Waals surface area (Å²) in [5, 5.41) is 2.58. The summed E-state index contributed by atoms with van der Waals surface area (Å²) < 4.78 is 0. The summed E-state index contributed by atoms with van der Waals surface area (Å²) in [7, 11) is 6.87. The lowest BCUT2D eigenvalue weighted by atomic mass is 10.1. The smallest absolute Gasteiger partial charge is 0.253 e. The number of carbonyl (C=O) groups excluding carboxylic acids is 2. The molecule has 0 unspecified atom stereocenters. The van der Waals surface area contributed by atoms with Crippen LogP contribution in [0.2, 0.25) is 0 Å². The van der Waals surface area contributed by atoms with Crippen molar-refractivity contribution in [3.05, 3.63) is 23.8 Å². The highest BCUT2D eigenvalue weighted by Gasteiger charge is 2.12. The number of benzene rings is 1. The molecule has 0 saturated heterocycles. The fourth-order valence-corrected chi connectivity index (χ4v) is 1.81. The van der Waals surface area contributed by atoms with Crippen LogP contribution in [0.25, 0.3) is 0 Å². The summed E-state index contributed by atoms with van der Waals surface area (Å²) in [4.78, 5) is 26.5. The summed E-state index contributed by atoms with van der Waals surface area (Å²) >= 11 is 0. The Bertz CT molecular complexity index is 500. The van der Waals surface area contributed by atoms with E-state index in [0.29, 0.717) is 24.2 Å². The SMILES string of the molecule is CNC(=O)CCN(C)c1ccc(C(=O)N(C)C)cc1N. The molecule has 0 aliphatic carbocycles. The van der Waals surface area contributed by atoms with E-state index < -0.39 is 0 Å². The van der Waals surface area contributed by atoms with Gasteiger partial charge in [0.1, 0.15) is 0 Å². The molecular weight excluding hydrogens is 256 g/mol. The third-order valence-electron chi connectivity index (χ3n) is 3.05. The minimum Gasteiger partial charge on any atom is -0.397 e. The molecule has 0 fully saturated rings. The molecule has 0 bridgehead atoms. The quantitative estimate of drug-likeness (QED) is 0.771. The first-order valence-corrected chi connectivity index (χ1v) is 6.39. The Morgan fingerprint density at radius 1 is 1.25 bits per heavy atom. The molecule has 1 aromatic rings. The average molecular weight is 278 g/mol. The predicted octanol–water partition coefficient (Wildman–Crippen LogP) is 0.543. The fraction of sp³-hybridized carbons (Fsp3) is 0.429. The molecule has 0 spiro atoms. The maximum Gasteiger partial charge on any atom is 0.253 e. The molecular formula is C14H22N4O2. The molecule has 0 aromatic heterocycles. The summed E-state index contributed by atoms with van der Waals surface area (Å²) in [6.45, 7) is 0.560. The molecule has 3 N–H and O–H groups in total. The Morgan fingerprint density at radius 3 is 2.40 bits per heavy atom. The first-order valence-electron chi connectivity index (χ1n) is 6.39. The van der Waals surface area contributed by atoms with Gasteiger partial charge in [0.05, 0.1) is 11.4 Å². The monoisotopic (exact) mass is 278 g/mol. The maximum absolute atomic E-state index is 11.8. The second-order valence-corrected chi connectivity index (χ2v) is 4.82. The highest BCUT2D eigenvalue weighted by molar-refractivity contribution is 5.95. The lowest BCUT2D eigenvalue weighted by molar-refractivity contribution is -0.120. The average Bonchev–Trinajstić information content (AvgIpc) is 2.43. The molecule has 0 radical (unpaired) electrons. The van der Waals surface area contributed by atoms with Crippen LogP contribution in [-0.4, -0.2) is 51.4 Å². The van der Waals surface area contributed by atoms with Crippen molar-refractivity contribution in [3.63, 3.8) is 0 Å². The molecule has 2 amide bonds. The van der Waals surface area contributed by atoms with E-state index in [1.165, 1.54) is 4.90 Å². The molecule has 6 heteroatoms. The van der Waals surface area contributed by atoms with Crippen molar-refractivity contribution >= 4 is 23.2 Å². The maximum atomic E-state index is 11.8. The molecule has 110 valence electrons. The summed E-state index contributed by atoms with van der Waals surface area (Å²) in [5.74, 6) is -0.105. The van der Waals surface area contributed by atoms with Gasteiger partial charge in [0, 0.05) is 46.7 Å². The van der Waals surface area contributed by atoms with Gasteiger partial charge < -0.3 is 20.9 Å². The van der Waals surface area contributed by atoms with Crippen LogP contribution in [0.1, 0.15) is 16.8 Å². The first-order chi connectivity index (χ1) is 9.36. The van der Waals surface area contributed by atoms with Gasteiger partial charge in [0.15, 0.2) is 0 Å². The van der Waals surface area contributed by atoms with Crippen LogP contribution >= 0.6 is 0 Å². The highest BCUT2D eigenvalue weighted by atomic mass is 16.2. The van der Waals surface area contributed by atoms with Crippen molar-refractivity contribution in [1.82, 2.24) is 10.2 Å². The zero-order valence-electron chi connectivity index (χ0n) is 12.4. The zero-order valence-corrected chi connectivity index (χ0v) is 12.4. The lowest BCUT2D eigenvalue weighted by Gasteiger charge is -2.21. The summed E-state index contributed by atoms with van der Waals surface area (Å²) in [5.41, 5.74) is 7.87. The molecule has 20 heavy (non-hydrogen) atoms. The van der Waals surface area contributed by atoms with Crippen LogP contribution in [0.4, 0.5) is 11.4 Å². The van der Waals surface area contributed by atoms with Gasteiger partial charge in [-0.25, -0.2) is 0 Å². The Balaban J connectivity index is 2.82. The van der Waals surface area contributed by atoms with Crippen molar-refractivity contribution in [2.24, 2.45) is 0 Å². The van der Waals surface area contributed by atoms with E-state index in [2.05, 4.69) is 5.32 Å². The predicted molar refractivity (Wildman–Crippen MR) is 80.8 cm³/mol. The number of nitrogens with zero attached hydrogens (tertiary/aromatic N) is 2. The molecule has 6 nitrogen and oxygen atoms in total. The summed E-state index contributed by atoms with van der Waals surface area (Å²) in [6.07, 6.45) is 0.394. The number of nitrogens with one attached hydrogen (secondary N) is 1. The number of carbonyl (C=O) groups is 2. The van der Waals surface area contributed by atoms with Gasteiger partial charge in [-0.05, 0) is 18.2 Å². The molecule has 0 heterocycles. The second kappa shape index (κ2) is 6.79. The van der Waals surface area contributed by atoms with Crippen LogP contribution < -0.4 is 16.0 Å². The zero-order chi connectivity index (χ0) is 15.3. The highest BCUT2D eigenvalue weighted by Crippen LogP contribution is 2.24. The normalized spacial score (nSPS) is 10.0. The summed E-state index contributed by atoms with van der Waals surface area (Å²) in [6, 6.07) is 5.20. The van der Waals surface area contributed by atoms with E-state index in [1.807, 2.05) is 11.9 Å². The second-order valence-electron chi connectivity index (χ2n) is 4.82. The molecule has 0 atom stereocenters. The third kappa shape index (κ3) is 3.88. The van der Waals surface area contributed by atoms with E-state index in [1.54, 1.807) is 39.3 Å². The van der Waals surface area contributed by atoms with E-state index in [9.17, 15) is 9.59 Å². The van der Waals surface area contributed by atoms with Crippen molar-refractivity contribution in [3.8, 4) is 0 Å². The topological polar surface area (TPSA) is 78.7 Å². The van der Waals surface area contributed by atoms with Crippen LogP contribution in [0.15, 0.2) is 18.2 Å². The van der Waals surface area contributed by atoms with Gasteiger partial charge in [-0.3, -0.25) is 9.59 Å². The number of anilines is 2. The van der Waals surface area contributed by atoms with E-state index in [0.717, 1.165) is 5.69 Å². The fourth-order valence-electron chi connectivity index (χ4n) is 1.81. The number of nitrogens with two attached hydrogens (primary N) is 1. The first kappa shape index (κ1) is 15.8. The van der Waals surface area contributed by atoms with E-state index in [4.69, 9.17) is 5.73 Å². The Hall–Kier alpha value is -2.24. The molecule has 0 aliphatic rings. The third-order valence-corrected chi connectivity index (χ3v) is 3.05.